The predicted molar refractivity (Wildman–Crippen MR) is 140 cm³/mol. The molecule has 2 N–H and O–H groups in total. The number of hydrogen-bond donors (Lipinski definition) is 2. The normalized spacial score (nSPS) is 10.5. The largest absolute Gasteiger partial charge is 0.497 e. The Morgan fingerprint density at radius 1 is 0.829 bits per heavy atom. The molecular formula is C27H29ClFN3O3. The maximum Gasteiger partial charge on any atom is 0.129 e. The van der Waals surface area contributed by atoms with Crippen LogP contribution in [-0.4, -0.2) is 32.3 Å². The molecule has 6 nitrogen and oxygen atoms in total. The highest BCUT2D eigenvalue weighted by molar-refractivity contribution is 5.91. The Labute approximate surface area is 210 Å². The summed E-state index contributed by atoms with van der Waals surface area (Å²) in [5.41, 5.74) is 2.68. The highest BCUT2D eigenvalue weighted by Crippen LogP contribution is 2.29. The number of aromatic nitrogens is 1. The van der Waals surface area contributed by atoms with Crippen molar-refractivity contribution in [1.29, 1.82) is 0 Å². The smallest absolute Gasteiger partial charge is 0.129 e. The maximum absolute atomic E-state index is 13.5. The monoisotopic (exact) mass is 497 g/mol. The molecule has 0 saturated heterocycles. The average molecular weight is 498 g/mol. The predicted octanol–water partition coefficient (Wildman–Crippen LogP) is 6.20. The van der Waals surface area contributed by atoms with E-state index in [0.717, 1.165) is 58.9 Å². The Hall–Kier alpha value is -3.55. The standard InChI is InChI=1S/C27H28FN3O3.ClH/c1-32-21-5-7-22(8-6-21)34-23-9-10-24-25(12-15-31-26(24)17-23)30-14-3-13-29-18-19-16-20(28)4-11-27(19)33-2;/h4-12,15-17,29H,3,13-14,18H2,1-2H3,(H,30,31);1H. The molecule has 0 aliphatic carbocycles. The van der Waals surface area contributed by atoms with Crippen LogP contribution < -0.4 is 24.8 Å². The first kappa shape index (κ1) is 26.1. The summed E-state index contributed by atoms with van der Waals surface area (Å²) in [5, 5.41) is 7.85. The number of nitrogens with zero attached hydrogens (tertiary/aromatic N) is 1. The highest BCUT2D eigenvalue weighted by atomic mass is 35.5. The number of halogens is 2. The molecule has 0 atom stereocenters. The summed E-state index contributed by atoms with van der Waals surface area (Å²) in [6.07, 6.45) is 2.69. The zero-order valence-electron chi connectivity index (χ0n) is 19.7. The lowest BCUT2D eigenvalue weighted by Gasteiger charge is -2.12. The topological polar surface area (TPSA) is 64.6 Å². The van der Waals surface area contributed by atoms with E-state index in [0.29, 0.717) is 12.3 Å². The molecule has 0 aliphatic rings. The van der Waals surface area contributed by atoms with Gasteiger partial charge in [0.2, 0.25) is 0 Å². The minimum atomic E-state index is -0.263. The SMILES string of the molecule is COc1ccc(Oc2ccc3c(NCCCNCc4cc(F)ccc4OC)ccnc3c2)cc1.Cl. The van der Waals surface area contributed by atoms with E-state index in [2.05, 4.69) is 15.6 Å². The van der Waals surface area contributed by atoms with Crippen LogP contribution in [0.2, 0.25) is 0 Å². The summed E-state index contributed by atoms with van der Waals surface area (Å²) in [6, 6.07) is 19.9. The summed E-state index contributed by atoms with van der Waals surface area (Å²) in [6.45, 7) is 2.13. The van der Waals surface area contributed by atoms with Crippen molar-refractivity contribution in [3.05, 3.63) is 84.3 Å². The first-order valence-corrected chi connectivity index (χ1v) is 11.1. The second kappa shape index (κ2) is 12.8. The van der Waals surface area contributed by atoms with Crippen LogP contribution in [0.25, 0.3) is 10.9 Å². The van der Waals surface area contributed by atoms with Crippen LogP contribution in [0.15, 0.2) is 72.9 Å². The fourth-order valence-corrected chi connectivity index (χ4v) is 3.67. The van der Waals surface area contributed by atoms with Crippen LogP contribution >= 0.6 is 12.4 Å². The minimum absolute atomic E-state index is 0. The van der Waals surface area contributed by atoms with E-state index in [4.69, 9.17) is 14.2 Å². The van der Waals surface area contributed by atoms with Gasteiger partial charge in [0.15, 0.2) is 0 Å². The molecule has 0 fully saturated rings. The van der Waals surface area contributed by atoms with E-state index in [9.17, 15) is 4.39 Å². The van der Waals surface area contributed by atoms with Crippen LogP contribution in [0.4, 0.5) is 10.1 Å². The lowest BCUT2D eigenvalue weighted by molar-refractivity contribution is 0.406. The Morgan fingerprint density at radius 2 is 1.60 bits per heavy atom. The number of pyridine rings is 1. The van der Waals surface area contributed by atoms with Crippen molar-refractivity contribution >= 4 is 29.0 Å². The molecule has 4 aromatic rings. The maximum atomic E-state index is 13.5. The van der Waals surface area contributed by atoms with Crippen molar-refractivity contribution in [3.8, 4) is 23.0 Å². The van der Waals surface area contributed by atoms with Crippen molar-refractivity contribution in [2.75, 3.05) is 32.6 Å². The molecule has 1 heterocycles. The van der Waals surface area contributed by atoms with E-state index in [1.54, 1.807) is 26.5 Å². The van der Waals surface area contributed by atoms with E-state index in [1.165, 1.54) is 12.1 Å². The van der Waals surface area contributed by atoms with Gasteiger partial charge in [-0.2, -0.15) is 0 Å². The minimum Gasteiger partial charge on any atom is -0.497 e. The van der Waals surface area contributed by atoms with Crippen molar-refractivity contribution in [2.45, 2.75) is 13.0 Å². The molecule has 0 bridgehead atoms. The number of hydrogen-bond acceptors (Lipinski definition) is 6. The summed E-state index contributed by atoms with van der Waals surface area (Å²) in [5.74, 6) is 2.66. The Balaban J connectivity index is 0.00000342. The number of benzene rings is 3. The number of nitrogens with one attached hydrogen (secondary N) is 2. The first-order chi connectivity index (χ1) is 16.7. The van der Waals surface area contributed by atoms with E-state index < -0.39 is 0 Å². The molecule has 0 spiro atoms. The fraction of sp³-hybridized carbons (Fsp3) is 0.222. The molecule has 184 valence electrons. The Kier molecular flexibility index (Phi) is 9.52. The molecule has 0 aliphatic heterocycles. The number of methoxy groups -OCH3 is 2. The van der Waals surface area contributed by atoms with E-state index in [-0.39, 0.29) is 18.2 Å². The van der Waals surface area contributed by atoms with Gasteiger partial charge in [-0.05, 0) is 73.6 Å². The molecule has 0 unspecified atom stereocenters. The Morgan fingerprint density at radius 3 is 2.37 bits per heavy atom. The lowest BCUT2D eigenvalue weighted by atomic mass is 10.1. The molecule has 3 aromatic carbocycles. The average Bonchev–Trinajstić information content (AvgIpc) is 2.86. The highest BCUT2D eigenvalue weighted by Gasteiger charge is 2.06. The summed E-state index contributed by atoms with van der Waals surface area (Å²) in [7, 11) is 3.23. The molecule has 0 saturated carbocycles. The van der Waals surface area contributed by atoms with Crippen LogP contribution in [-0.2, 0) is 6.54 Å². The zero-order valence-corrected chi connectivity index (χ0v) is 20.5. The Bertz CT molecular complexity index is 1240. The number of anilines is 1. The molecule has 0 amide bonds. The van der Waals surface area contributed by atoms with E-state index >= 15 is 0 Å². The van der Waals surface area contributed by atoms with Gasteiger partial charge in [-0.3, -0.25) is 4.98 Å². The third kappa shape index (κ3) is 6.97. The zero-order chi connectivity index (χ0) is 23.8. The van der Waals surface area contributed by atoms with E-state index in [1.807, 2.05) is 48.5 Å². The van der Waals surface area contributed by atoms with Gasteiger partial charge >= 0.3 is 0 Å². The van der Waals surface area contributed by atoms with Crippen LogP contribution in [0.1, 0.15) is 12.0 Å². The molecule has 1 aromatic heterocycles. The van der Waals surface area contributed by atoms with Crippen molar-refractivity contribution in [2.24, 2.45) is 0 Å². The van der Waals surface area contributed by atoms with Crippen LogP contribution in [0.3, 0.4) is 0 Å². The fourth-order valence-electron chi connectivity index (χ4n) is 3.67. The molecule has 8 heteroatoms. The number of rotatable bonds is 11. The van der Waals surface area contributed by atoms with Gasteiger partial charge in [-0.1, -0.05) is 0 Å². The van der Waals surface area contributed by atoms with Crippen LogP contribution in [0, 0.1) is 5.82 Å². The van der Waals surface area contributed by atoms with Crippen molar-refractivity contribution < 1.29 is 18.6 Å². The number of ether oxygens (including phenoxy) is 3. The van der Waals surface area contributed by atoms with Gasteiger partial charge in [-0.25, -0.2) is 4.39 Å². The summed E-state index contributed by atoms with van der Waals surface area (Å²) >= 11 is 0. The third-order valence-corrected chi connectivity index (χ3v) is 5.41. The van der Waals surface area contributed by atoms with Crippen molar-refractivity contribution in [3.63, 3.8) is 0 Å². The molecule has 4 rings (SSSR count). The van der Waals surface area contributed by atoms with Gasteiger partial charge in [-0.15, -0.1) is 12.4 Å². The second-order valence-corrected chi connectivity index (χ2v) is 7.73. The van der Waals surface area contributed by atoms with Gasteiger partial charge in [0.1, 0.15) is 28.8 Å². The van der Waals surface area contributed by atoms with Crippen molar-refractivity contribution in [1.82, 2.24) is 10.3 Å². The first-order valence-electron chi connectivity index (χ1n) is 11.1. The van der Waals surface area contributed by atoms with Gasteiger partial charge in [0, 0.05) is 42.0 Å². The van der Waals surface area contributed by atoms with Gasteiger partial charge in [0.05, 0.1) is 19.7 Å². The quantitative estimate of drug-likeness (QED) is 0.241. The molecule has 35 heavy (non-hydrogen) atoms. The summed E-state index contributed by atoms with van der Waals surface area (Å²) < 4.78 is 29.9. The molecule has 0 radical (unpaired) electrons. The molecular weight excluding hydrogens is 469 g/mol. The third-order valence-electron chi connectivity index (χ3n) is 5.41. The number of fused-ring (bicyclic) bond motifs is 1. The summed E-state index contributed by atoms with van der Waals surface area (Å²) in [4.78, 5) is 4.49. The van der Waals surface area contributed by atoms with Gasteiger partial charge in [0.25, 0.3) is 0 Å². The van der Waals surface area contributed by atoms with Gasteiger partial charge < -0.3 is 24.8 Å². The second-order valence-electron chi connectivity index (χ2n) is 7.73. The lowest BCUT2D eigenvalue weighted by Crippen LogP contribution is -2.18. The van der Waals surface area contributed by atoms with Crippen LogP contribution in [0.5, 0.6) is 23.0 Å².